The number of rotatable bonds is 2. The average Bonchev–Trinajstić information content (AvgIpc) is 3.15. The molecule has 1 N–H and O–H groups in total. The molecule has 0 fully saturated rings. The van der Waals surface area contributed by atoms with Crippen molar-refractivity contribution in [1.29, 1.82) is 0 Å². The number of aromatic nitrogens is 4. The molecule has 1 aromatic carbocycles. The van der Waals surface area contributed by atoms with Crippen LogP contribution in [0.1, 0.15) is 17.4 Å². The van der Waals surface area contributed by atoms with Crippen LogP contribution in [-0.2, 0) is 7.05 Å². The van der Waals surface area contributed by atoms with Gasteiger partial charge in [0.05, 0.1) is 18.4 Å². The minimum atomic E-state index is 0.112. The van der Waals surface area contributed by atoms with E-state index in [0.717, 1.165) is 17.9 Å². The van der Waals surface area contributed by atoms with Crippen molar-refractivity contribution in [2.45, 2.75) is 5.92 Å². The fourth-order valence-corrected chi connectivity index (χ4v) is 2.56. The van der Waals surface area contributed by atoms with Gasteiger partial charge in [0.2, 0.25) is 11.7 Å². The fourth-order valence-electron chi connectivity index (χ4n) is 2.56. The zero-order valence-corrected chi connectivity index (χ0v) is 10.9. The van der Waals surface area contributed by atoms with Gasteiger partial charge in [0.1, 0.15) is 5.69 Å². The summed E-state index contributed by atoms with van der Waals surface area (Å²) in [4.78, 5) is 8.59. The van der Waals surface area contributed by atoms with Gasteiger partial charge < -0.3 is 14.4 Å². The molecule has 3 aromatic rings. The standard InChI is InChI=1S/C14H13N5O/c1-19-8-15-7-12(19)13-17-14(20-18-13)10-6-16-11-5-3-2-4-9(10)11/h2-5,7-8,10,16H,6H2,1H3. The zero-order chi connectivity index (χ0) is 13.5. The SMILES string of the molecule is Cn1cncc1-c1noc(C2CNc3ccccc32)n1. The summed E-state index contributed by atoms with van der Waals surface area (Å²) in [6.07, 6.45) is 3.45. The monoisotopic (exact) mass is 267 g/mol. The lowest BCUT2D eigenvalue weighted by Crippen LogP contribution is -2.04. The van der Waals surface area contributed by atoms with Crippen LogP contribution in [0, 0.1) is 0 Å². The number of benzene rings is 1. The van der Waals surface area contributed by atoms with Crippen molar-refractivity contribution < 1.29 is 4.52 Å². The second-order valence-electron chi connectivity index (χ2n) is 4.87. The smallest absolute Gasteiger partial charge is 0.236 e. The number of imidazole rings is 1. The third kappa shape index (κ3) is 1.61. The highest BCUT2D eigenvalue weighted by Gasteiger charge is 2.28. The highest BCUT2D eigenvalue weighted by atomic mass is 16.5. The second kappa shape index (κ2) is 4.19. The van der Waals surface area contributed by atoms with Crippen molar-refractivity contribution in [3.8, 4) is 11.5 Å². The van der Waals surface area contributed by atoms with Crippen molar-refractivity contribution in [3.63, 3.8) is 0 Å². The van der Waals surface area contributed by atoms with Gasteiger partial charge in [-0.1, -0.05) is 23.4 Å². The molecule has 0 bridgehead atoms. The Kier molecular flexibility index (Phi) is 2.35. The van der Waals surface area contributed by atoms with Gasteiger partial charge in [-0.25, -0.2) is 4.98 Å². The van der Waals surface area contributed by atoms with Crippen molar-refractivity contribution in [3.05, 3.63) is 48.2 Å². The van der Waals surface area contributed by atoms with E-state index >= 15 is 0 Å². The number of hydrogen-bond donors (Lipinski definition) is 1. The van der Waals surface area contributed by atoms with Crippen LogP contribution in [0.25, 0.3) is 11.5 Å². The van der Waals surface area contributed by atoms with Crippen molar-refractivity contribution in [2.75, 3.05) is 11.9 Å². The molecule has 0 aliphatic carbocycles. The van der Waals surface area contributed by atoms with Gasteiger partial charge in [0.25, 0.3) is 0 Å². The van der Waals surface area contributed by atoms with Crippen molar-refractivity contribution in [1.82, 2.24) is 19.7 Å². The minimum Gasteiger partial charge on any atom is -0.384 e. The Morgan fingerprint density at radius 1 is 1.35 bits per heavy atom. The van der Waals surface area contributed by atoms with Crippen LogP contribution in [0.5, 0.6) is 0 Å². The summed E-state index contributed by atoms with van der Waals surface area (Å²) < 4.78 is 7.31. The van der Waals surface area contributed by atoms with Gasteiger partial charge >= 0.3 is 0 Å². The Balaban J connectivity index is 1.72. The summed E-state index contributed by atoms with van der Waals surface area (Å²) in [5.41, 5.74) is 3.18. The number of para-hydroxylation sites is 1. The third-order valence-electron chi connectivity index (χ3n) is 3.62. The van der Waals surface area contributed by atoms with E-state index in [-0.39, 0.29) is 5.92 Å². The van der Waals surface area contributed by atoms with Crippen LogP contribution in [0.15, 0.2) is 41.3 Å². The average molecular weight is 267 g/mol. The number of aryl methyl sites for hydroxylation is 1. The summed E-state index contributed by atoms with van der Waals surface area (Å²) >= 11 is 0. The largest absolute Gasteiger partial charge is 0.384 e. The van der Waals surface area contributed by atoms with Gasteiger partial charge in [-0.3, -0.25) is 0 Å². The highest BCUT2D eigenvalue weighted by molar-refractivity contribution is 5.59. The maximum absolute atomic E-state index is 5.44. The molecule has 0 spiro atoms. The van der Waals surface area contributed by atoms with E-state index in [1.165, 1.54) is 5.56 Å². The number of hydrogen-bond acceptors (Lipinski definition) is 5. The topological polar surface area (TPSA) is 68.8 Å². The molecule has 100 valence electrons. The molecular formula is C14H13N5O. The van der Waals surface area contributed by atoms with E-state index in [9.17, 15) is 0 Å². The number of fused-ring (bicyclic) bond motifs is 1. The number of nitrogens with one attached hydrogen (secondary N) is 1. The van der Waals surface area contributed by atoms with Crippen LogP contribution in [0.4, 0.5) is 5.69 Å². The lowest BCUT2D eigenvalue weighted by Gasteiger charge is -2.03. The van der Waals surface area contributed by atoms with E-state index in [4.69, 9.17) is 4.52 Å². The summed E-state index contributed by atoms with van der Waals surface area (Å²) in [5.74, 6) is 1.32. The Morgan fingerprint density at radius 2 is 2.25 bits per heavy atom. The second-order valence-corrected chi connectivity index (χ2v) is 4.87. The summed E-state index contributed by atoms with van der Waals surface area (Å²) in [6, 6.07) is 8.20. The molecule has 6 heteroatoms. The predicted octanol–water partition coefficient (Wildman–Crippen LogP) is 2.03. The molecule has 3 heterocycles. The molecular weight excluding hydrogens is 254 g/mol. The molecule has 20 heavy (non-hydrogen) atoms. The first-order valence-electron chi connectivity index (χ1n) is 6.46. The third-order valence-corrected chi connectivity index (χ3v) is 3.62. The predicted molar refractivity (Wildman–Crippen MR) is 73.3 cm³/mol. The minimum absolute atomic E-state index is 0.112. The lowest BCUT2D eigenvalue weighted by molar-refractivity contribution is 0.370. The summed E-state index contributed by atoms with van der Waals surface area (Å²) in [7, 11) is 1.91. The van der Waals surface area contributed by atoms with E-state index in [0.29, 0.717) is 11.7 Å². The van der Waals surface area contributed by atoms with Gasteiger partial charge in [-0.2, -0.15) is 4.98 Å². The molecule has 6 nitrogen and oxygen atoms in total. The number of anilines is 1. The Morgan fingerprint density at radius 3 is 3.10 bits per heavy atom. The van der Waals surface area contributed by atoms with Crippen LogP contribution in [0.2, 0.25) is 0 Å². The first-order chi connectivity index (χ1) is 9.83. The maximum atomic E-state index is 5.44. The Labute approximate surface area is 115 Å². The first kappa shape index (κ1) is 11.2. The van der Waals surface area contributed by atoms with Gasteiger partial charge in [0, 0.05) is 19.3 Å². The van der Waals surface area contributed by atoms with E-state index < -0.39 is 0 Å². The van der Waals surface area contributed by atoms with Gasteiger partial charge in [-0.05, 0) is 11.6 Å². The zero-order valence-electron chi connectivity index (χ0n) is 10.9. The summed E-state index contributed by atoms with van der Waals surface area (Å²) in [5, 5.41) is 7.42. The Hall–Kier alpha value is -2.63. The molecule has 2 aromatic heterocycles. The van der Waals surface area contributed by atoms with Gasteiger partial charge in [-0.15, -0.1) is 0 Å². The normalized spacial score (nSPS) is 16.9. The van der Waals surface area contributed by atoms with E-state index in [1.807, 2.05) is 23.7 Å². The molecule has 0 saturated carbocycles. The molecule has 4 rings (SSSR count). The Bertz CT molecular complexity index is 760. The molecule has 1 unspecified atom stereocenters. The summed E-state index contributed by atoms with van der Waals surface area (Å²) in [6.45, 7) is 0.784. The van der Waals surface area contributed by atoms with E-state index in [1.54, 1.807) is 12.5 Å². The number of nitrogens with zero attached hydrogens (tertiary/aromatic N) is 4. The van der Waals surface area contributed by atoms with E-state index in [2.05, 4.69) is 32.6 Å². The van der Waals surface area contributed by atoms with Crippen LogP contribution >= 0.6 is 0 Å². The van der Waals surface area contributed by atoms with Crippen molar-refractivity contribution >= 4 is 5.69 Å². The van der Waals surface area contributed by atoms with Crippen LogP contribution in [-0.4, -0.2) is 26.2 Å². The molecule has 1 aliphatic rings. The lowest BCUT2D eigenvalue weighted by atomic mass is 10.0. The molecule has 0 saturated heterocycles. The van der Waals surface area contributed by atoms with Crippen molar-refractivity contribution in [2.24, 2.45) is 7.05 Å². The van der Waals surface area contributed by atoms with Crippen LogP contribution in [0.3, 0.4) is 0 Å². The molecule has 0 radical (unpaired) electrons. The maximum Gasteiger partial charge on any atom is 0.236 e. The fraction of sp³-hybridized carbons (Fsp3) is 0.214. The molecule has 0 amide bonds. The highest BCUT2D eigenvalue weighted by Crippen LogP contribution is 2.35. The molecule has 1 aliphatic heterocycles. The van der Waals surface area contributed by atoms with Crippen LogP contribution < -0.4 is 5.32 Å². The first-order valence-corrected chi connectivity index (χ1v) is 6.46. The van der Waals surface area contributed by atoms with Gasteiger partial charge in [0.15, 0.2) is 0 Å². The quantitative estimate of drug-likeness (QED) is 0.769. The molecule has 1 atom stereocenters.